The molecule has 0 aromatic heterocycles. The first-order valence-electron chi connectivity index (χ1n) is 7.86. The lowest BCUT2D eigenvalue weighted by Gasteiger charge is -2.09. The number of halogens is 1. The van der Waals surface area contributed by atoms with E-state index in [-0.39, 0.29) is 4.91 Å². The van der Waals surface area contributed by atoms with Crippen molar-refractivity contribution in [1.82, 2.24) is 0 Å². The number of hydrogen-bond acceptors (Lipinski definition) is 3. The van der Waals surface area contributed by atoms with Crippen LogP contribution in [0, 0.1) is 20.8 Å². The van der Waals surface area contributed by atoms with Crippen molar-refractivity contribution in [3.63, 3.8) is 0 Å². The molecule has 2 aromatic rings. The average molecular weight is 419 g/mol. The van der Waals surface area contributed by atoms with E-state index < -0.39 is 10.0 Å². The van der Waals surface area contributed by atoms with Gasteiger partial charge >= 0.3 is 0 Å². The zero-order valence-corrected chi connectivity index (χ0v) is 16.9. The Morgan fingerprint density at radius 1 is 0.920 bits per heavy atom. The van der Waals surface area contributed by atoms with Gasteiger partial charge in [-0.05, 0) is 68.1 Å². The van der Waals surface area contributed by atoms with Gasteiger partial charge in [0.05, 0.1) is 0 Å². The Morgan fingerprint density at radius 2 is 1.64 bits per heavy atom. The molecule has 2 aromatic carbocycles. The molecule has 0 radical (unpaired) electrons. The molecule has 130 valence electrons. The van der Waals surface area contributed by atoms with Crippen molar-refractivity contribution < 1.29 is 8.42 Å². The van der Waals surface area contributed by atoms with Gasteiger partial charge in [-0.1, -0.05) is 34.1 Å². The van der Waals surface area contributed by atoms with E-state index in [1.165, 1.54) is 0 Å². The molecule has 0 saturated heterocycles. The monoisotopic (exact) mass is 418 g/mol. The van der Waals surface area contributed by atoms with Crippen LogP contribution >= 0.6 is 15.9 Å². The molecule has 0 atom stereocenters. The van der Waals surface area contributed by atoms with Gasteiger partial charge in [0.2, 0.25) is 0 Å². The molecule has 1 aliphatic rings. The molecular weight excluding hydrogens is 400 g/mol. The molecule has 0 aliphatic carbocycles. The van der Waals surface area contributed by atoms with Gasteiger partial charge in [0.25, 0.3) is 10.0 Å². The van der Waals surface area contributed by atoms with Crippen LogP contribution in [0.2, 0.25) is 0 Å². The third-order valence-electron chi connectivity index (χ3n) is 4.35. The first-order valence-corrected chi connectivity index (χ1v) is 10.1. The van der Waals surface area contributed by atoms with Crippen LogP contribution in [0.25, 0.3) is 4.91 Å². The number of aryl methyl sites for hydroxylation is 3. The SMILES string of the molecule is CC1=C(c2ccc(C)c(C)c2)S(=O)(=O)N=C1Nc1ccc(Br)c(C)c1. The van der Waals surface area contributed by atoms with Crippen LogP contribution in [0.1, 0.15) is 29.2 Å². The zero-order chi connectivity index (χ0) is 18.4. The second-order valence-electron chi connectivity index (χ2n) is 6.26. The topological polar surface area (TPSA) is 58.5 Å². The molecule has 4 nitrogen and oxygen atoms in total. The van der Waals surface area contributed by atoms with Crippen molar-refractivity contribution in [1.29, 1.82) is 0 Å². The lowest BCUT2D eigenvalue weighted by Crippen LogP contribution is -2.11. The summed E-state index contributed by atoms with van der Waals surface area (Å²) in [5.74, 6) is 0.370. The summed E-state index contributed by atoms with van der Waals surface area (Å²) in [7, 11) is -3.71. The number of amidine groups is 1. The zero-order valence-electron chi connectivity index (χ0n) is 14.5. The Morgan fingerprint density at radius 3 is 2.28 bits per heavy atom. The van der Waals surface area contributed by atoms with Crippen LogP contribution < -0.4 is 5.32 Å². The fraction of sp³-hybridized carbons (Fsp3) is 0.211. The van der Waals surface area contributed by atoms with E-state index in [2.05, 4.69) is 25.6 Å². The lowest BCUT2D eigenvalue weighted by atomic mass is 10.0. The van der Waals surface area contributed by atoms with E-state index >= 15 is 0 Å². The molecule has 1 N–H and O–H groups in total. The van der Waals surface area contributed by atoms with E-state index in [9.17, 15) is 8.42 Å². The molecule has 0 saturated carbocycles. The second kappa shape index (κ2) is 6.42. The van der Waals surface area contributed by atoms with Gasteiger partial charge in [0, 0.05) is 15.7 Å². The lowest BCUT2D eigenvalue weighted by molar-refractivity contribution is 0.608. The quantitative estimate of drug-likeness (QED) is 0.749. The number of nitrogens with one attached hydrogen (secondary N) is 1. The first-order chi connectivity index (χ1) is 11.7. The van der Waals surface area contributed by atoms with Crippen LogP contribution in [0.15, 0.2) is 50.8 Å². The molecule has 0 spiro atoms. The Kier molecular flexibility index (Phi) is 4.60. The van der Waals surface area contributed by atoms with Crippen LogP contribution in [0.3, 0.4) is 0 Å². The maximum Gasteiger partial charge on any atom is 0.285 e. The number of anilines is 1. The highest BCUT2D eigenvalue weighted by molar-refractivity contribution is 9.10. The van der Waals surface area contributed by atoms with E-state index in [0.717, 1.165) is 26.9 Å². The van der Waals surface area contributed by atoms with Crippen molar-refractivity contribution in [2.45, 2.75) is 27.7 Å². The molecule has 6 heteroatoms. The number of nitrogens with zero attached hydrogens (tertiary/aromatic N) is 1. The molecule has 3 rings (SSSR count). The summed E-state index contributed by atoms with van der Waals surface area (Å²) in [6, 6.07) is 11.4. The molecule has 0 amide bonds. The predicted octanol–water partition coefficient (Wildman–Crippen LogP) is 4.96. The number of hydrogen-bond donors (Lipinski definition) is 1. The van der Waals surface area contributed by atoms with Gasteiger partial charge in [-0.15, -0.1) is 4.40 Å². The Bertz CT molecular complexity index is 1040. The highest BCUT2D eigenvalue weighted by Gasteiger charge is 2.31. The summed E-state index contributed by atoms with van der Waals surface area (Å²) in [5.41, 5.74) is 5.34. The van der Waals surface area contributed by atoms with Gasteiger partial charge in [0.15, 0.2) is 0 Å². The number of rotatable bonds is 2. The molecular formula is C19H19BrN2O2S. The van der Waals surface area contributed by atoms with E-state index in [1.54, 1.807) is 6.92 Å². The van der Waals surface area contributed by atoms with Gasteiger partial charge in [-0.2, -0.15) is 8.42 Å². The maximum absolute atomic E-state index is 12.6. The summed E-state index contributed by atoms with van der Waals surface area (Å²) < 4.78 is 30.1. The van der Waals surface area contributed by atoms with Crippen molar-refractivity contribution in [2.24, 2.45) is 4.40 Å². The molecule has 25 heavy (non-hydrogen) atoms. The van der Waals surface area contributed by atoms with Crippen LogP contribution in [0.4, 0.5) is 5.69 Å². The summed E-state index contributed by atoms with van der Waals surface area (Å²) in [4.78, 5) is 0.270. The van der Waals surface area contributed by atoms with E-state index in [0.29, 0.717) is 17.0 Å². The largest absolute Gasteiger partial charge is 0.339 e. The van der Waals surface area contributed by atoms with E-state index in [1.807, 2.05) is 57.2 Å². The predicted molar refractivity (Wildman–Crippen MR) is 107 cm³/mol. The van der Waals surface area contributed by atoms with Crippen molar-refractivity contribution in [2.75, 3.05) is 5.32 Å². The Labute approximate surface area is 156 Å². The van der Waals surface area contributed by atoms with Crippen LogP contribution in [-0.4, -0.2) is 14.3 Å². The maximum atomic E-state index is 12.6. The fourth-order valence-corrected chi connectivity index (χ4v) is 4.43. The third-order valence-corrected chi connectivity index (χ3v) is 6.73. The number of benzene rings is 2. The van der Waals surface area contributed by atoms with Crippen molar-refractivity contribution in [3.8, 4) is 0 Å². The van der Waals surface area contributed by atoms with Crippen LogP contribution in [-0.2, 0) is 10.0 Å². The van der Waals surface area contributed by atoms with Gasteiger partial charge in [-0.3, -0.25) is 0 Å². The van der Waals surface area contributed by atoms with E-state index in [4.69, 9.17) is 0 Å². The van der Waals surface area contributed by atoms with Crippen molar-refractivity contribution >= 4 is 42.4 Å². The second-order valence-corrected chi connectivity index (χ2v) is 8.65. The normalized spacial score (nSPS) is 16.1. The summed E-state index contributed by atoms with van der Waals surface area (Å²) >= 11 is 3.46. The smallest absolute Gasteiger partial charge is 0.285 e. The summed E-state index contributed by atoms with van der Waals surface area (Å²) in [6.07, 6.45) is 0. The first kappa shape index (κ1) is 17.9. The van der Waals surface area contributed by atoms with Gasteiger partial charge in [0.1, 0.15) is 10.7 Å². The van der Waals surface area contributed by atoms with Crippen molar-refractivity contribution in [3.05, 3.63) is 68.7 Å². The Hall–Kier alpha value is -1.92. The fourth-order valence-electron chi connectivity index (χ4n) is 2.76. The Balaban J connectivity index is 2.03. The minimum atomic E-state index is -3.71. The van der Waals surface area contributed by atoms with Gasteiger partial charge in [-0.25, -0.2) is 0 Å². The highest BCUT2D eigenvalue weighted by Crippen LogP contribution is 2.34. The minimum Gasteiger partial charge on any atom is -0.339 e. The third kappa shape index (κ3) is 3.41. The van der Waals surface area contributed by atoms with Crippen LogP contribution in [0.5, 0.6) is 0 Å². The molecule has 1 heterocycles. The summed E-state index contributed by atoms with van der Waals surface area (Å²) in [6.45, 7) is 7.74. The molecule has 0 fully saturated rings. The average Bonchev–Trinajstić information content (AvgIpc) is 2.75. The molecule has 0 unspecified atom stereocenters. The molecule has 1 aliphatic heterocycles. The summed E-state index contributed by atoms with van der Waals surface area (Å²) in [5, 5.41) is 3.13. The highest BCUT2D eigenvalue weighted by atomic mass is 79.9. The molecule has 0 bridgehead atoms. The minimum absolute atomic E-state index is 0.270. The van der Waals surface area contributed by atoms with Gasteiger partial charge < -0.3 is 5.32 Å². The standard InChI is InChI=1S/C19H19BrN2O2S/c1-11-5-6-15(9-12(11)2)18-14(4)19(22-25(18,23)24)21-16-7-8-17(20)13(3)10-16/h5-10H,1-4H3,(H,21,22). The number of sulfonamides is 1.